The fourth-order valence-corrected chi connectivity index (χ4v) is 5.48. The van der Waals surface area contributed by atoms with Crippen molar-refractivity contribution in [3.8, 4) is 23.2 Å². The summed E-state index contributed by atoms with van der Waals surface area (Å²) in [6, 6.07) is 14.5. The van der Waals surface area contributed by atoms with Gasteiger partial charge in [0.25, 0.3) is 11.3 Å². The van der Waals surface area contributed by atoms with E-state index in [1.165, 1.54) is 0 Å². The van der Waals surface area contributed by atoms with Gasteiger partial charge in [-0.25, -0.2) is 19.3 Å². The molecule has 2 fully saturated rings. The molecule has 7 rings (SSSR count). The number of ether oxygens (including phenoxy) is 2. The van der Waals surface area contributed by atoms with Crippen LogP contribution in [0.2, 0.25) is 0 Å². The zero-order valence-electron chi connectivity index (χ0n) is 22.1. The molecular formula is C29H24N8O4. The Balaban J connectivity index is 1.31. The topological polar surface area (TPSA) is 141 Å². The number of aromatic nitrogens is 6. The molecule has 0 radical (unpaired) electrons. The Labute approximate surface area is 233 Å². The quantitative estimate of drug-likeness (QED) is 0.324. The summed E-state index contributed by atoms with van der Waals surface area (Å²) in [7, 11) is 0. The highest BCUT2D eigenvalue weighted by Crippen LogP contribution is 2.35. The number of carbonyl (C=O) groups excluding carboxylic acids is 1. The first kappa shape index (κ1) is 24.7. The Morgan fingerprint density at radius 2 is 2.02 bits per heavy atom. The number of carbonyl (C=O) groups is 1. The second-order valence-corrected chi connectivity index (χ2v) is 10.2. The van der Waals surface area contributed by atoms with Gasteiger partial charge in [-0.15, -0.1) is 5.10 Å². The van der Waals surface area contributed by atoms with Crippen LogP contribution in [0, 0.1) is 18.3 Å². The number of rotatable bonds is 5. The standard InChI is InChI=1S/C29H24N8O4/c1-17-32-24-12-23(26-33-28-31-8-2-9-37(28)34-26)25(41-21-7-10-35-20(11-21)16-40-29(35)39)13-22(24)27(38)36(17)15-19-5-3-18(14-30)4-6-19/h2-6,8-9,12-13,20-21H,7,10-11,15-16H2,1H3/t20-,21-/m0/s1. The Hall–Kier alpha value is -5.31. The molecule has 0 unspecified atom stereocenters. The van der Waals surface area contributed by atoms with E-state index in [0.29, 0.717) is 77.7 Å². The molecule has 0 bridgehead atoms. The van der Waals surface area contributed by atoms with Crippen molar-refractivity contribution in [2.75, 3.05) is 13.2 Å². The molecule has 0 spiro atoms. The predicted molar refractivity (Wildman–Crippen MR) is 146 cm³/mol. The minimum atomic E-state index is -0.287. The maximum absolute atomic E-state index is 13.8. The molecule has 2 saturated heterocycles. The SMILES string of the molecule is Cc1nc2cc(-c3nc4ncccn4n3)c(O[C@H]3CCN4C(=O)OC[C@@H]4C3)cc2c(=O)n1Cc1ccc(C#N)cc1. The molecule has 204 valence electrons. The number of hydrogen-bond donors (Lipinski definition) is 0. The van der Waals surface area contributed by atoms with E-state index in [1.807, 2.05) is 12.1 Å². The first-order valence-electron chi connectivity index (χ1n) is 13.3. The summed E-state index contributed by atoms with van der Waals surface area (Å²) in [5.74, 6) is 1.85. The van der Waals surface area contributed by atoms with Gasteiger partial charge in [-0.1, -0.05) is 12.1 Å². The van der Waals surface area contributed by atoms with Gasteiger partial charge in [-0.2, -0.15) is 10.2 Å². The number of aryl methyl sites for hydroxylation is 1. The molecule has 2 aromatic carbocycles. The molecule has 12 heteroatoms. The molecule has 12 nitrogen and oxygen atoms in total. The summed E-state index contributed by atoms with van der Waals surface area (Å²) in [4.78, 5) is 41.2. The molecule has 0 aliphatic carbocycles. The maximum Gasteiger partial charge on any atom is 0.410 e. The lowest BCUT2D eigenvalue weighted by Gasteiger charge is -2.32. The largest absolute Gasteiger partial charge is 0.489 e. The molecule has 5 heterocycles. The van der Waals surface area contributed by atoms with Crippen LogP contribution in [0.25, 0.3) is 28.1 Å². The second kappa shape index (κ2) is 9.71. The van der Waals surface area contributed by atoms with Crippen molar-refractivity contribution in [3.63, 3.8) is 0 Å². The molecule has 3 aromatic heterocycles. The smallest absolute Gasteiger partial charge is 0.410 e. The van der Waals surface area contributed by atoms with Crippen LogP contribution in [-0.4, -0.2) is 65.4 Å². The molecule has 2 aliphatic heterocycles. The third-order valence-corrected chi connectivity index (χ3v) is 7.62. The fourth-order valence-electron chi connectivity index (χ4n) is 5.48. The molecule has 0 saturated carbocycles. The number of nitrogens with zero attached hydrogens (tertiary/aromatic N) is 8. The molecular weight excluding hydrogens is 524 g/mol. The number of amides is 1. The van der Waals surface area contributed by atoms with E-state index in [1.54, 1.807) is 63.6 Å². The first-order chi connectivity index (χ1) is 20.0. The number of benzene rings is 2. The lowest BCUT2D eigenvalue weighted by molar-refractivity contribution is 0.0940. The van der Waals surface area contributed by atoms with Gasteiger partial charge in [0.15, 0.2) is 5.82 Å². The predicted octanol–water partition coefficient (Wildman–Crippen LogP) is 3.09. The van der Waals surface area contributed by atoms with Crippen molar-refractivity contribution in [2.24, 2.45) is 0 Å². The number of hydrogen-bond acceptors (Lipinski definition) is 9. The van der Waals surface area contributed by atoms with E-state index in [4.69, 9.17) is 19.7 Å². The third kappa shape index (κ3) is 4.41. The monoisotopic (exact) mass is 548 g/mol. The molecule has 1 amide bonds. The Bertz CT molecular complexity index is 1890. The minimum Gasteiger partial charge on any atom is -0.489 e. The van der Waals surface area contributed by atoms with Gasteiger partial charge in [-0.3, -0.25) is 9.36 Å². The van der Waals surface area contributed by atoms with Gasteiger partial charge in [0.05, 0.1) is 40.7 Å². The van der Waals surface area contributed by atoms with Crippen molar-refractivity contribution < 1.29 is 14.3 Å². The molecule has 5 aromatic rings. The zero-order valence-corrected chi connectivity index (χ0v) is 22.1. The summed E-state index contributed by atoms with van der Waals surface area (Å²) in [5.41, 5.74) is 2.33. The summed E-state index contributed by atoms with van der Waals surface area (Å²) in [5, 5.41) is 14.1. The average Bonchev–Trinajstić information content (AvgIpc) is 3.59. The van der Waals surface area contributed by atoms with Crippen molar-refractivity contribution in [1.29, 1.82) is 5.26 Å². The minimum absolute atomic E-state index is 0.0448. The second-order valence-electron chi connectivity index (χ2n) is 10.2. The normalized spacial score (nSPS) is 18.3. The first-order valence-corrected chi connectivity index (χ1v) is 13.3. The van der Waals surface area contributed by atoms with Gasteiger partial charge in [0.2, 0.25) is 0 Å². The van der Waals surface area contributed by atoms with Crippen LogP contribution in [-0.2, 0) is 11.3 Å². The third-order valence-electron chi connectivity index (χ3n) is 7.62. The van der Waals surface area contributed by atoms with Gasteiger partial charge >= 0.3 is 6.09 Å². The van der Waals surface area contributed by atoms with E-state index >= 15 is 0 Å². The van der Waals surface area contributed by atoms with E-state index in [0.717, 1.165) is 5.56 Å². The van der Waals surface area contributed by atoms with Crippen LogP contribution in [0.15, 0.2) is 59.7 Å². The van der Waals surface area contributed by atoms with E-state index < -0.39 is 0 Å². The highest BCUT2D eigenvalue weighted by atomic mass is 16.6. The van der Waals surface area contributed by atoms with Gasteiger partial charge < -0.3 is 14.4 Å². The van der Waals surface area contributed by atoms with Crippen LogP contribution in [0.4, 0.5) is 4.79 Å². The molecule has 41 heavy (non-hydrogen) atoms. The van der Waals surface area contributed by atoms with Crippen LogP contribution in [0.3, 0.4) is 0 Å². The lowest BCUT2D eigenvalue weighted by atomic mass is 10.0. The van der Waals surface area contributed by atoms with Crippen molar-refractivity contribution in [2.45, 2.75) is 38.5 Å². The van der Waals surface area contributed by atoms with E-state index in [-0.39, 0.29) is 23.8 Å². The number of nitriles is 1. The Morgan fingerprint density at radius 3 is 2.83 bits per heavy atom. The highest BCUT2D eigenvalue weighted by molar-refractivity contribution is 5.86. The van der Waals surface area contributed by atoms with Crippen LogP contribution in [0.5, 0.6) is 5.75 Å². The van der Waals surface area contributed by atoms with Crippen LogP contribution in [0.1, 0.15) is 29.8 Å². The molecule has 2 aliphatic rings. The number of piperidine rings is 1. The van der Waals surface area contributed by atoms with Gasteiger partial charge in [-0.05, 0) is 42.8 Å². The molecule has 0 N–H and O–H groups in total. The van der Waals surface area contributed by atoms with Gasteiger partial charge in [0, 0.05) is 31.8 Å². The van der Waals surface area contributed by atoms with E-state index in [9.17, 15) is 9.59 Å². The van der Waals surface area contributed by atoms with Crippen molar-refractivity contribution in [3.05, 3.63) is 82.2 Å². The maximum atomic E-state index is 13.8. The van der Waals surface area contributed by atoms with Crippen molar-refractivity contribution in [1.82, 2.24) is 34.0 Å². The summed E-state index contributed by atoms with van der Waals surface area (Å²) < 4.78 is 15.0. The number of fused-ring (bicyclic) bond motifs is 3. The number of cyclic esters (lactones) is 1. The Morgan fingerprint density at radius 1 is 1.17 bits per heavy atom. The lowest BCUT2D eigenvalue weighted by Crippen LogP contribution is -2.44. The van der Waals surface area contributed by atoms with Crippen LogP contribution >= 0.6 is 0 Å². The average molecular weight is 549 g/mol. The fraction of sp³-hybridized carbons (Fsp3) is 0.276. The molecule has 2 atom stereocenters. The Kier molecular flexibility index (Phi) is 5.85. The summed E-state index contributed by atoms with van der Waals surface area (Å²) >= 11 is 0. The highest BCUT2D eigenvalue weighted by Gasteiger charge is 2.39. The summed E-state index contributed by atoms with van der Waals surface area (Å²) in [6.45, 7) is 2.98. The zero-order chi connectivity index (χ0) is 28.1. The van der Waals surface area contributed by atoms with Gasteiger partial charge in [0.1, 0.15) is 24.3 Å². The summed E-state index contributed by atoms with van der Waals surface area (Å²) in [6.07, 6.45) is 4.15. The van der Waals surface area contributed by atoms with Crippen molar-refractivity contribution >= 4 is 22.8 Å². The van der Waals surface area contributed by atoms with Crippen LogP contribution < -0.4 is 10.3 Å². The van der Waals surface area contributed by atoms with E-state index in [2.05, 4.69) is 21.1 Å².